The van der Waals surface area contributed by atoms with Crippen LogP contribution in [0.1, 0.15) is 15.9 Å². The number of amides is 1. The van der Waals surface area contributed by atoms with Crippen molar-refractivity contribution in [1.82, 2.24) is 4.98 Å². The fraction of sp³-hybridized carbons (Fsp3) is 0.100. The maximum atomic E-state index is 12.4. The molecular weight excluding hydrogens is 366 g/mol. The van der Waals surface area contributed by atoms with Crippen LogP contribution in [-0.2, 0) is 0 Å². The van der Waals surface area contributed by atoms with Gasteiger partial charge in [0.05, 0.1) is 11.9 Å². The van der Waals surface area contributed by atoms with Gasteiger partial charge in [0.2, 0.25) is 6.79 Å². The quantitative estimate of drug-likeness (QED) is 0.681. The zero-order valence-electron chi connectivity index (χ0n) is 14.5. The summed E-state index contributed by atoms with van der Waals surface area (Å²) in [5.74, 6) is 1.63. The standard InChI is InChI=1S/C20H16ClN3O3/c1-12-8-14(21)3-5-16(12)24-19-7-4-15(10-22-19)23-20(25)13-2-6-17-18(9-13)27-11-26-17/h2-10H,11H2,1H3,(H,22,24)(H,23,25). The summed E-state index contributed by atoms with van der Waals surface area (Å²) in [4.78, 5) is 16.7. The Labute approximate surface area is 161 Å². The number of nitrogens with one attached hydrogen (secondary N) is 2. The summed E-state index contributed by atoms with van der Waals surface area (Å²) in [6.45, 7) is 2.14. The van der Waals surface area contributed by atoms with Crippen LogP contribution in [0.15, 0.2) is 54.7 Å². The number of halogens is 1. The topological polar surface area (TPSA) is 72.5 Å². The van der Waals surface area contributed by atoms with Gasteiger partial charge in [0.15, 0.2) is 11.5 Å². The first-order valence-electron chi connectivity index (χ1n) is 8.29. The van der Waals surface area contributed by atoms with Gasteiger partial charge in [0.1, 0.15) is 5.82 Å². The molecule has 0 spiro atoms. The largest absolute Gasteiger partial charge is 0.454 e. The van der Waals surface area contributed by atoms with E-state index < -0.39 is 0 Å². The lowest BCUT2D eigenvalue weighted by atomic mass is 10.2. The van der Waals surface area contributed by atoms with E-state index in [9.17, 15) is 4.79 Å². The van der Waals surface area contributed by atoms with Crippen molar-refractivity contribution in [1.29, 1.82) is 0 Å². The molecule has 2 N–H and O–H groups in total. The molecule has 0 fully saturated rings. The average molecular weight is 382 g/mol. The molecule has 6 nitrogen and oxygen atoms in total. The number of carbonyl (C=O) groups is 1. The van der Waals surface area contributed by atoms with Gasteiger partial charge in [-0.25, -0.2) is 4.98 Å². The van der Waals surface area contributed by atoms with E-state index in [1.54, 1.807) is 36.5 Å². The molecule has 1 aliphatic rings. The second-order valence-electron chi connectivity index (χ2n) is 6.04. The number of aromatic nitrogens is 1. The van der Waals surface area contributed by atoms with Crippen LogP contribution in [0.25, 0.3) is 0 Å². The molecule has 27 heavy (non-hydrogen) atoms. The Morgan fingerprint density at radius 2 is 1.93 bits per heavy atom. The molecule has 0 saturated carbocycles. The second kappa shape index (κ2) is 7.17. The zero-order valence-corrected chi connectivity index (χ0v) is 15.2. The van der Waals surface area contributed by atoms with Crippen LogP contribution in [-0.4, -0.2) is 17.7 Å². The minimum Gasteiger partial charge on any atom is -0.454 e. The minimum atomic E-state index is -0.246. The number of rotatable bonds is 4. The number of nitrogens with zero attached hydrogens (tertiary/aromatic N) is 1. The number of anilines is 3. The minimum absolute atomic E-state index is 0.173. The van der Waals surface area contributed by atoms with Gasteiger partial charge in [-0.3, -0.25) is 4.79 Å². The fourth-order valence-electron chi connectivity index (χ4n) is 2.69. The van der Waals surface area contributed by atoms with Crippen molar-refractivity contribution in [2.75, 3.05) is 17.4 Å². The molecular formula is C20H16ClN3O3. The Hall–Kier alpha value is -3.25. The Kier molecular flexibility index (Phi) is 4.56. The first kappa shape index (κ1) is 17.2. The van der Waals surface area contributed by atoms with Gasteiger partial charge in [-0.05, 0) is 61.0 Å². The van der Waals surface area contributed by atoms with E-state index in [2.05, 4.69) is 15.6 Å². The van der Waals surface area contributed by atoms with Crippen molar-refractivity contribution in [3.05, 3.63) is 70.9 Å². The van der Waals surface area contributed by atoms with Gasteiger partial charge < -0.3 is 20.1 Å². The maximum absolute atomic E-state index is 12.4. The Morgan fingerprint density at radius 3 is 2.70 bits per heavy atom. The molecule has 4 rings (SSSR count). The Morgan fingerprint density at radius 1 is 1.07 bits per heavy atom. The first-order valence-corrected chi connectivity index (χ1v) is 8.66. The van der Waals surface area contributed by atoms with Crippen LogP contribution < -0.4 is 20.1 Å². The average Bonchev–Trinajstić information content (AvgIpc) is 3.13. The summed E-state index contributed by atoms with van der Waals surface area (Å²) >= 11 is 5.97. The molecule has 1 aliphatic heterocycles. The third kappa shape index (κ3) is 3.80. The van der Waals surface area contributed by atoms with Crippen molar-refractivity contribution >= 4 is 34.7 Å². The molecule has 7 heteroatoms. The second-order valence-corrected chi connectivity index (χ2v) is 6.47. The number of ether oxygens (including phenoxy) is 2. The summed E-state index contributed by atoms with van der Waals surface area (Å²) in [5, 5.41) is 6.73. The van der Waals surface area contributed by atoms with E-state index in [0.717, 1.165) is 11.3 Å². The van der Waals surface area contributed by atoms with E-state index in [-0.39, 0.29) is 12.7 Å². The van der Waals surface area contributed by atoms with Crippen molar-refractivity contribution in [3.63, 3.8) is 0 Å². The molecule has 2 aromatic carbocycles. The van der Waals surface area contributed by atoms with Crippen molar-refractivity contribution in [2.45, 2.75) is 6.92 Å². The number of hydrogen-bond donors (Lipinski definition) is 2. The number of benzene rings is 2. The number of aryl methyl sites for hydroxylation is 1. The number of fused-ring (bicyclic) bond motifs is 1. The smallest absolute Gasteiger partial charge is 0.255 e. The summed E-state index contributed by atoms with van der Waals surface area (Å²) in [6.07, 6.45) is 1.60. The predicted octanol–water partition coefficient (Wildman–Crippen LogP) is 4.77. The highest BCUT2D eigenvalue weighted by Gasteiger charge is 2.16. The monoisotopic (exact) mass is 381 g/mol. The van der Waals surface area contributed by atoms with Gasteiger partial charge in [-0.1, -0.05) is 11.6 Å². The maximum Gasteiger partial charge on any atom is 0.255 e. The van der Waals surface area contributed by atoms with Crippen LogP contribution in [0.2, 0.25) is 5.02 Å². The highest BCUT2D eigenvalue weighted by atomic mass is 35.5. The fourth-order valence-corrected chi connectivity index (χ4v) is 2.91. The molecule has 0 saturated heterocycles. The van der Waals surface area contributed by atoms with Gasteiger partial charge in [-0.2, -0.15) is 0 Å². The van der Waals surface area contributed by atoms with Crippen LogP contribution in [0.5, 0.6) is 11.5 Å². The molecule has 0 atom stereocenters. The van der Waals surface area contributed by atoms with Crippen molar-refractivity contribution < 1.29 is 14.3 Å². The summed E-state index contributed by atoms with van der Waals surface area (Å²) in [7, 11) is 0. The molecule has 3 aromatic rings. The highest BCUT2D eigenvalue weighted by Crippen LogP contribution is 2.32. The summed E-state index contributed by atoms with van der Waals surface area (Å²) in [6, 6.07) is 14.2. The third-order valence-corrected chi connectivity index (χ3v) is 4.34. The lowest BCUT2D eigenvalue weighted by Crippen LogP contribution is -2.12. The molecule has 0 aliphatic carbocycles. The molecule has 2 heterocycles. The number of pyridine rings is 1. The van der Waals surface area contributed by atoms with E-state index in [4.69, 9.17) is 21.1 Å². The van der Waals surface area contributed by atoms with E-state index in [1.807, 2.05) is 25.1 Å². The van der Waals surface area contributed by atoms with Crippen LogP contribution in [0.3, 0.4) is 0 Å². The van der Waals surface area contributed by atoms with E-state index in [0.29, 0.717) is 33.6 Å². The normalized spacial score (nSPS) is 11.9. The van der Waals surface area contributed by atoms with Gasteiger partial charge >= 0.3 is 0 Å². The molecule has 1 amide bonds. The molecule has 0 radical (unpaired) electrons. The number of hydrogen-bond acceptors (Lipinski definition) is 5. The first-order chi connectivity index (χ1) is 13.1. The van der Waals surface area contributed by atoms with Crippen LogP contribution >= 0.6 is 11.6 Å². The zero-order chi connectivity index (χ0) is 18.8. The lowest BCUT2D eigenvalue weighted by molar-refractivity contribution is 0.102. The van der Waals surface area contributed by atoms with Gasteiger partial charge in [0.25, 0.3) is 5.91 Å². The van der Waals surface area contributed by atoms with E-state index >= 15 is 0 Å². The van der Waals surface area contributed by atoms with E-state index in [1.165, 1.54) is 0 Å². The Bertz CT molecular complexity index is 1010. The molecule has 0 bridgehead atoms. The molecule has 0 unspecified atom stereocenters. The molecule has 1 aromatic heterocycles. The lowest BCUT2D eigenvalue weighted by Gasteiger charge is -2.10. The molecule has 136 valence electrons. The van der Waals surface area contributed by atoms with Crippen molar-refractivity contribution in [3.8, 4) is 11.5 Å². The SMILES string of the molecule is Cc1cc(Cl)ccc1Nc1ccc(NC(=O)c2ccc3c(c2)OCO3)cn1. The van der Waals surface area contributed by atoms with Gasteiger partial charge in [-0.15, -0.1) is 0 Å². The van der Waals surface area contributed by atoms with Crippen molar-refractivity contribution in [2.24, 2.45) is 0 Å². The van der Waals surface area contributed by atoms with Crippen LogP contribution in [0, 0.1) is 6.92 Å². The Balaban J connectivity index is 1.43. The van der Waals surface area contributed by atoms with Gasteiger partial charge in [0, 0.05) is 16.3 Å². The summed E-state index contributed by atoms with van der Waals surface area (Å²) in [5.41, 5.74) is 3.02. The highest BCUT2D eigenvalue weighted by molar-refractivity contribution is 6.30. The number of carbonyl (C=O) groups excluding carboxylic acids is 1. The van der Waals surface area contributed by atoms with Crippen LogP contribution in [0.4, 0.5) is 17.2 Å². The summed E-state index contributed by atoms with van der Waals surface area (Å²) < 4.78 is 10.5. The predicted molar refractivity (Wildman–Crippen MR) is 104 cm³/mol. The third-order valence-electron chi connectivity index (χ3n) is 4.11.